The van der Waals surface area contributed by atoms with E-state index in [2.05, 4.69) is 5.32 Å². The highest BCUT2D eigenvalue weighted by Gasteiger charge is 2.38. The Bertz CT molecular complexity index is 424. The molecule has 118 valence electrons. The van der Waals surface area contributed by atoms with Gasteiger partial charge in [-0.3, -0.25) is 9.59 Å². The van der Waals surface area contributed by atoms with Gasteiger partial charge in [0.25, 0.3) is 0 Å². The molecule has 1 saturated carbocycles. The van der Waals surface area contributed by atoms with E-state index < -0.39 is 11.5 Å². The number of nitrogens with one attached hydrogen (secondary N) is 1. The van der Waals surface area contributed by atoms with Crippen molar-refractivity contribution in [3.8, 4) is 0 Å². The van der Waals surface area contributed by atoms with E-state index in [1.165, 1.54) is 6.92 Å². The van der Waals surface area contributed by atoms with E-state index >= 15 is 0 Å². The molecule has 2 rings (SSSR count). The van der Waals surface area contributed by atoms with Crippen LogP contribution in [0.3, 0.4) is 0 Å². The maximum Gasteiger partial charge on any atom is 0.317 e. The van der Waals surface area contributed by atoms with Gasteiger partial charge in [-0.15, -0.1) is 0 Å². The molecule has 1 heterocycles. The van der Waals surface area contributed by atoms with Crippen molar-refractivity contribution < 1.29 is 19.5 Å². The Labute approximate surface area is 124 Å². The first-order chi connectivity index (χ1) is 9.92. The van der Waals surface area contributed by atoms with Crippen LogP contribution in [0.5, 0.6) is 0 Å². The van der Waals surface area contributed by atoms with Gasteiger partial charge < -0.3 is 20.2 Å². The zero-order valence-corrected chi connectivity index (χ0v) is 12.4. The van der Waals surface area contributed by atoms with Crippen LogP contribution in [0.1, 0.15) is 39.0 Å². The second kappa shape index (κ2) is 6.32. The van der Waals surface area contributed by atoms with Gasteiger partial charge in [0.15, 0.2) is 0 Å². The van der Waals surface area contributed by atoms with Crippen molar-refractivity contribution in [2.45, 2.75) is 44.6 Å². The predicted octanol–water partition coefficient (Wildman–Crippen LogP) is 0.648. The number of carbonyl (C=O) groups is 3. The largest absolute Gasteiger partial charge is 0.481 e. The number of hydrogen-bond acceptors (Lipinski definition) is 3. The molecule has 2 N–H and O–H groups in total. The molecule has 1 saturated heterocycles. The zero-order chi connectivity index (χ0) is 15.5. The molecule has 1 aliphatic carbocycles. The van der Waals surface area contributed by atoms with Crippen molar-refractivity contribution in [3.05, 3.63) is 0 Å². The Morgan fingerprint density at radius 3 is 2.05 bits per heavy atom. The summed E-state index contributed by atoms with van der Waals surface area (Å²) in [6.45, 7) is 3.59. The molecule has 3 amide bonds. The minimum absolute atomic E-state index is 0.0215. The van der Waals surface area contributed by atoms with E-state index in [0.29, 0.717) is 26.2 Å². The number of aliphatic carboxylic acids is 1. The Morgan fingerprint density at radius 2 is 1.57 bits per heavy atom. The molecular weight excluding hydrogens is 274 g/mol. The lowest BCUT2D eigenvalue weighted by molar-refractivity contribution is -0.138. The number of carboxylic acid groups (broad SMARTS) is 1. The van der Waals surface area contributed by atoms with Crippen molar-refractivity contribution in [2.24, 2.45) is 0 Å². The Kier molecular flexibility index (Phi) is 4.69. The minimum atomic E-state index is -0.876. The first-order valence-corrected chi connectivity index (χ1v) is 7.46. The van der Waals surface area contributed by atoms with Crippen LogP contribution in [-0.2, 0) is 9.59 Å². The number of nitrogens with zero attached hydrogens (tertiary/aromatic N) is 2. The maximum atomic E-state index is 12.3. The highest BCUT2D eigenvalue weighted by molar-refractivity contribution is 5.78. The van der Waals surface area contributed by atoms with Crippen molar-refractivity contribution in [3.63, 3.8) is 0 Å². The van der Waals surface area contributed by atoms with E-state index in [1.54, 1.807) is 9.80 Å². The van der Waals surface area contributed by atoms with Crippen LogP contribution < -0.4 is 5.32 Å². The molecule has 0 aromatic rings. The summed E-state index contributed by atoms with van der Waals surface area (Å²) in [5.74, 6) is -0.855. The van der Waals surface area contributed by atoms with Crippen LogP contribution in [0.4, 0.5) is 4.79 Å². The molecule has 21 heavy (non-hydrogen) atoms. The molecule has 0 aromatic heterocycles. The number of amides is 3. The molecule has 7 nitrogen and oxygen atoms in total. The summed E-state index contributed by atoms with van der Waals surface area (Å²) in [6.07, 6.45) is 3.32. The van der Waals surface area contributed by atoms with E-state index in [0.717, 1.165) is 25.7 Å². The van der Waals surface area contributed by atoms with Crippen LogP contribution >= 0.6 is 0 Å². The Morgan fingerprint density at radius 1 is 1.05 bits per heavy atom. The van der Waals surface area contributed by atoms with E-state index in [4.69, 9.17) is 5.11 Å². The van der Waals surface area contributed by atoms with E-state index in [-0.39, 0.29) is 18.4 Å². The monoisotopic (exact) mass is 297 g/mol. The van der Waals surface area contributed by atoms with Crippen LogP contribution in [0, 0.1) is 0 Å². The van der Waals surface area contributed by atoms with Crippen molar-refractivity contribution in [1.29, 1.82) is 0 Å². The SMILES string of the molecule is CC(=O)N1CCN(C(=O)NC2(CC(=O)O)CCCC2)CC1. The number of piperazine rings is 1. The standard InChI is InChI=1S/C14H23N3O4/c1-11(18)16-6-8-17(9-7-16)13(21)15-14(10-12(19)20)4-2-3-5-14/h2-10H2,1H3,(H,15,21)(H,19,20). The first kappa shape index (κ1) is 15.6. The maximum absolute atomic E-state index is 12.3. The number of hydrogen-bond donors (Lipinski definition) is 2. The summed E-state index contributed by atoms with van der Waals surface area (Å²) in [5.41, 5.74) is -0.597. The van der Waals surface area contributed by atoms with Gasteiger partial charge in [0.1, 0.15) is 0 Å². The highest BCUT2D eigenvalue weighted by atomic mass is 16.4. The summed E-state index contributed by atoms with van der Waals surface area (Å²) in [4.78, 5) is 38.0. The number of carbonyl (C=O) groups excluding carboxylic acids is 2. The average molecular weight is 297 g/mol. The van der Waals surface area contributed by atoms with E-state index in [1.807, 2.05) is 0 Å². The number of urea groups is 1. The van der Waals surface area contributed by atoms with Gasteiger partial charge in [0.05, 0.1) is 12.0 Å². The van der Waals surface area contributed by atoms with Crippen molar-refractivity contribution >= 4 is 17.9 Å². The van der Waals surface area contributed by atoms with Gasteiger partial charge in [-0.2, -0.15) is 0 Å². The van der Waals surface area contributed by atoms with Gasteiger partial charge in [-0.05, 0) is 12.8 Å². The third-order valence-electron chi connectivity index (χ3n) is 4.43. The highest BCUT2D eigenvalue weighted by Crippen LogP contribution is 2.32. The van der Waals surface area contributed by atoms with E-state index in [9.17, 15) is 14.4 Å². The molecule has 0 bridgehead atoms. The second-order valence-corrected chi connectivity index (χ2v) is 5.98. The summed E-state index contributed by atoms with van der Waals surface area (Å²) in [7, 11) is 0. The lowest BCUT2D eigenvalue weighted by atomic mass is 9.93. The lowest BCUT2D eigenvalue weighted by Gasteiger charge is -2.37. The fourth-order valence-corrected chi connectivity index (χ4v) is 3.22. The third kappa shape index (κ3) is 3.86. The summed E-state index contributed by atoms with van der Waals surface area (Å²) in [6, 6.07) is -0.207. The summed E-state index contributed by atoms with van der Waals surface area (Å²) < 4.78 is 0. The fourth-order valence-electron chi connectivity index (χ4n) is 3.22. The lowest BCUT2D eigenvalue weighted by Crippen LogP contribution is -2.57. The van der Waals surface area contributed by atoms with Crippen molar-refractivity contribution in [2.75, 3.05) is 26.2 Å². The van der Waals surface area contributed by atoms with Crippen LogP contribution in [0.15, 0.2) is 0 Å². The molecule has 0 aromatic carbocycles. The minimum Gasteiger partial charge on any atom is -0.481 e. The second-order valence-electron chi connectivity index (χ2n) is 5.98. The van der Waals surface area contributed by atoms with Crippen LogP contribution in [0.25, 0.3) is 0 Å². The summed E-state index contributed by atoms with van der Waals surface area (Å²) >= 11 is 0. The van der Waals surface area contributed by atoms with Gasteiger partial charge in [0.2, 0.25) is 5.91 Å². The molecule has 0 unspecified atom stereocenters. The molecule has 0 atom stereocenters. The molecule has 0 radical (unpaired) electrons. The molecule has 7 heteroatoms. The first-order valence-electron chi connectivity index (χ1n) is 7.46. The zero-order valence-electron chi connectivity index (χ0n) is 12.4. The molecular formula is C14H23N3O4. The number of carboxylic acids is 1. The predicted molar refractivity (Wildman–Crippen MR) is 75.8 cm³/mol. The number of rotatable bonds is 3. The Balaban J connectivity index is 1.91. The van der Waals surface area contributed by atoms with Crippen molar-refractivity contribution in [1.82, 2.24) is 15.1 Å². The Hall–Kier alpha value is -1.79. The smallest absolute Gasteiger partial charge is 0.317 e. The third-order valence-corrected chi connectivity index (χ3v) is 4.43. The van der Waals surface area contributed by atoms with Gasteiger partial charge in [-0.25, -0.2) is 4.79 Å². The quantitative estimate of drug-likeness (QED) is 0.800. The van der Waals surface area contributed by atoms with Crippen LogP contribution in [0.2, 0.25) is 0 Å². The van der Waals surface area contributed by atoms with Gasteiger partial charge in [-0.1, -0.05) is 12.8 Å². The summed E-state index contributed by atoms with van der Waals surface area (Å²) in [5, 5.41) is 12.0. The molecule has 0 spiro atoms. The molecule has 2 aliphatic rings. The molecule has 2 fully saturated rings. The fraction of sp³-hybridized carbons (Fsp3) is 0.786. The topological polar surface area (TPSA) is 90.0 Å². The van der Waals surface area contributed by atoms with Gasteiger partial charge >= 0.3 is 12.0 Å². The van der Waals surface area contributed by atoms with Gasteiger partial charge in [0, 0.05) is 33.1 Å². The molecule has 1 aliphatic heterocycles. The average Bonchev–Trinajstić information content (AvgIpc) is 2.86. The van der Waals surface area contributed by atoms with Crippen LogP contribution in [-0.4, -0.2) is 64.5 Å². The normalized spacial score (nSPS) is 21.2.